The van der Waals surface area contributed by atoms with E-state index in [0.717, 1.165) is 0 Å². The van der Waals surface area contributed by atoms with Crippen molar-refractivity contribution < 1.29 is 0 Å². The highest BCUT2D eigenvalue weighted by Gasteiger charge is 1.92. The Morgan fingerprint density at radius 3 is 2.88 bits per heavy atom. The summed E-state index contributed by atoms with van der Waals surface area (Å²) < 4.78 is 0. The largest absolute Gasteiger partial charge is 0.384 e. The lowest BCUT2D eigenvalue weighted by molar-refractivity contribution is 0.362. The summed E-state index contributed by atoms with van der Waals surface area (Å²) in [6.45, 7) is 0. The quantitative estimate of drug-likeness (QED) is 0.453. The van der Waals surface area contributed by atoms with Crippen LogP contribution in [0, 0.1) is 0 Å². The number of allylic oxidation sites excluding steroid dienone is 2. The van der Waals surface area contributed by atoms with E-state index in [1.807, 2.05) is 19.3 Å². The van der Waals surface area contributed by atoms with Gasteiger partial charge >= 0.3 is 0 Å². The van der Waals surface area contributed by atoms with E-state index < -0.39 is 0 Å². The van der Waals surface area contributed by atoms with Crippen LogP contribution in [0.25, 0.3) is 0 Å². The summed E-state index contributed by atoms with van der Waals surface area (Å²) in [6.07, 6.45) is 5.57. The Bertz CT molecular complexity index is 137. The second-order valence-corrected chi connectivity index (χ2v) is 1.69. The third kappa shape index (κ3) is 0.932. The monoisotopic (exact) mass is 111 g/mol. The standard InChI is InChI=1S/C5H9N3/c1-8-4-2-3-5(6)7-8/h2-4,7H,6H2,1H3. The SMILES string of the molecule is CN1C=CC=C(N)N1. The van der Waals surface area contributed by atoms with Crippen molar-refractivity contribution in [1.82, 2.24) is 10.4 Å². The van der Waals surface area contributed by atoms with Gasteiger partial charge in [0, 0.05) is 13.2 Å². The average molecular weight is 111 g/mol. The summed E-state index contributed by atoms with van der Waals surface area (Å²) >= 11 is 0. The molecule has 1 aliphatic heterocycles. The fourth-order valence-electron chi connectivity index (χ4n) is 0.554. The van der Waals surface area contributed by atoms with E-state index >= 15 is 0 Å². The van der Waals surface area contributed by atoms with Gasteiger partial charge in [0.15, 0.2) is 0 Å². The van der Waals surface area contributed by atoms with E-state index in [1.54, 1.807) is 11.1 Å². The molecule has 3 N–H and O–H groups in total. The van der Waals surface area contributed by atoms with Gasteiger partial charge in [-0.3, -0.25) is 10.4 Å². The number of hydrogen-bond acceptors (Lipinski definition) is 3. The van der Waals surface area contributed by atoms with Crippen LogP contribution in [-0.2, 0) is 0 Å². The van der Waals surface area contributed by atoms with Crippen molar-refractivity contribution in [1.29, 1.82) is 0 Å². The van der Waals surface area contributed by atoms with Gasteiger partial charge in [0.05, 0.1) is 0 Å². The summed E-state index contributed by atoms with van der Waals surface area (Å²) in [4.78, 5) is 0. The van der Waals surface area contributed by atoms with Crippen molar-refractivity contribution in [3.05, 3.63) is 24.2 Å². The molecule has 0 aromatic heterocycles. The summed E-state index contributed by atoms with van der Waals surface area (Å²) in [5.41, 5.74) is 8.25. The Labute approximate surface area is 48.4 Å². The van der Waals surface area contributed by atoms with Crippen molar-refractivity contribution in [3.63, 3.8) is 0 Å². The number of hydrogen-bond donors (Lipinski definition) is 2. The van der Waals surface area contributed by atoms with Crippen molar-refractivity contribution in [2.75, 3.05) is 7.05 Å². The van der Waals surface area contributed by atoms with Gasteiger partial charge in [0.2, 0.25) is 0 Å². The molecular formula is C5H9N3. The second kappa shape index (κ2) is 1.78. The molecule has 3 heteroatoms. The predicted octanol–water partition coefficient (Wildman–Crippen LogP) is -0.250. The highest BCUT2D eigenvalue weighted by molar-refractivity contribution is 5.10. The summed E-state index contributed by atoms with van der Waals surface area (Å²) in [5, 5.41) is 1.79. The zero-order valence-electron chi connectivity index (χ0n) is 4.76. The first kappa shape index (κ1) is 5.03. The first-order valence-electron chi connectivity index (χ1n) is 2.42. The van der Waals surface area contributed by atoms with E-state index in [4.69, 9.17) is 5.73 Å². The van der Waals surface area contributed by atoms with Crippen LogP contribution in [0.15, 0.2) is 24.2 Å². The first-order chi connectivity index (χ1) is 3.79. The lowest BCUT2D eigenvalue weighted by Crippen LogP contribution is -2.34. The Morgan fingerprint density at radius 1 is 1.75 bits per heavy atom. The maximum atomic E-state index is 5.38. The van der Waals surface area contributed by atoms with Crippen molar-refractivity contribution in [2.45, 2.75) is 0 Å². The zero-order valence-corrected chi connectivity index (χ0v) is 4.76. The van der Waals surface area contributed by atoms with Crippen molar-refractivity contribution >= 4 is 0 Å². The van der Waals surface area contributed by atoms with Crippen LogP contribution in [0.3, 0.4) is 0 Å². The molecule has 0 radical (unpaired) electrons. The van der Waals surface area contributed by atoms with Crippen LogP contribution in [0.1, 0.15) is 0 Å². The van der Waals surface area contributed by atoms with Gasteiger partial charge in [-0.1, -0.05) is 0 Å². The zero-order chi connectivity index (χ0) is 5.98. The van der Waals surface area contributed by atoms with Crippen molar-refractivity contribution in [2.24, 2.45) is 5.73 Å². The van der Waals surface area contributed by atoms with E-state index in [-0.39, 0.29) is 0 Å². The van der Waals surface area contributed by atoms with Gasteiger partial charge in [-0.15, -0.1) is 0 Å². The molecular weight excluding hydrogens is 102 g/mol. The van der Waals surface area contributed by atoms with Crippen LogP contribution >= 0.6 is 0 Å². The Morgan fingerprint density at radius 2 is 2.50 bits per heavy atom. The summed E-state index contributed by atoms with van der Waals surface area (Å²) in [6, 6.07) is 0. The molecule has 0 spiro atoms. The third-order valence-corrected chi connectivity index (χ3v) is 0.891. The van der Waals surface area contributed by atoms with Crippen LogP contribution in [0.4, 0.5) is 0 Å². The molecule has 1 aliphatic rings. The molecule has 0 aliphatic carbocycles. The fourth-order valence-corrected chi connectivity index (χ4v) is 0.554. The van der Waals surface area contributed by atoms with E-state index in [2.05, 4.69) is 5.43 Å². The molecule has 0 saturated heterocycles. The van der Waals surface area contributed by atoms with E-state index in [0.29, 0.717) is 5.82 Å². The Balaban J connectivity index is 2.59. The Hall–Kier alpha value is -1.12. The third-order valence-electron chi connectivity index (χ3n) is 0.891. The van der Waals surface area contributed by atoms with Crippen LogP contribution in [-0.4, -0.2) is 12.1 Å². The number of nitrogens with one attached hydrogen (secondary N) is 1. The highest BCUT2D eigenvalue weighted by Crippen LogP contribution is 1.90. The number of hydrazine groups is 1. The normalized spacial score (nSPS) is 17.6. The first-order valence-corrected chi connectivity index (χ1v) is 2.42. The highest BCUT2D eigenvalue weighted by atomic mass is 15.5. The molecule has 1 rings (SSSR count). The van der Waals surface area contributed by atoms with E-state index in [1.165, 1.54) is 0 Å². The molecule has 44 valence electrons. The van der Waals surface area contributed by atoms with Crippen LogP contribution in [0.2, 0.25) is 0 Å². The lowest BCUT2D eigenvalue weighted by atomic mass is 10.5. The fraction of sp³-hybridized carbons (Fsp3) is 0.200. The minimum absolute atomic E-state index is 0.676. The number of rotatable bonds is 0. The van der Waals surface area contributed by atoms with Gasteiger partial charge in [0.25, 0.3) is 0 Å². The molecule has 1 heterocycles. The molecule has 3 nitrogen and oxygen atoms in total. The van der Waals surface area contributed by atoms with Gasteiger partial charge in [-0.25, -0.2) is 0 Å². The molecule has 0 unspecified atom stereocenters. The maximum absolute atomic E-state index is 5.38. The van der Waals surface area contributed by atoms with Gasteiger partial charge in [-0.05, 0) is 12.2 Å². The van der Waals surface area contributed by atoms with Gasteiger partial charge < -0.3 is 5.73 Å². The van der Waals surface area contributed by atoms with Crippen molar-refractivity contribution in [3.8, 4) is 0 Å². The minimum Gasteiger partial charge on any atom is -0.384 e. The molecule has 0 saturated carbocycles. The predicted molar refractivity (Wildman–Crippen MR) is 32.3 cm³/mol. The lowest BCUT2D eigenvalue weighted by Gasteiger charge is -2.19. The van der Waals surface area contributed by atoms with E-state index in [9.17, 15) is 0 Å². The minimum atomic E-state index is 0.676. The molecule has 0 atom stereocenters. The Kier molecular flexibility index (Phi) is 1.12. The molecule has 0 amide bonds. The molecule has 0 aromatic rings. The molecule has 0 fully saturated rings. The maximum Gasteiger partial charge on any atom is 0.115 e. The molecule has 0 aromatic carbocycles. The summed E-state index contributed by atoms with van der Waals surface area (Å²) in [5.74, 6) is 0.676. The second-order valence-electron chi connectivity index (χ2n) is 1.69. The average Bonchev–Trinajstić information content (AvgIpc) is 1.64. The molecule has 8 heavy (non-hydrogen) atoms. The molecule has 0 bridgehead atoms. The number of nitrogens with two attached hydrogens (primary N) is 1. The van der Waals surface area contributed by atoms with Gasteiger partial charge in [-0.2, -0.15) is 0 Å². The van der Waals surface area contributed by atoms with Crippen LogP contribution in [0.5, 0.6) is 0 Å². The van der Waals surface area contributed by atoms with Gasteiger partial charge in [0.1, 0.15) is 5.82 Å². The van der Waals surface area contributed by atoms with Crippen LogP contribution < -0.4 is 11.2 Å². The number of nitrogens with zero attached hydrogens (tertiary/aromatic N) is 1. The topological polar surface area (TPSA) is 41.3 Å². The smallest absolute Gasteiger partial charge is 0.115 e. The summed E-state index contributed by atoms with van der Waals surface area (Å²) in [7, 11) is 1.89.